The average molecular weight is 324 g/mol. The lowest BCUT2D eigenvalue weighted by Gasteiger charge is -2.26. The molecule has 0 radical (unpaired) electrons. The largest absolute Gasteiger partial charge is 0.480 e. The van der Waals surface area contributed by atoms with Crippen molar-refractivity contribution in [2.24, 2.45) is 0 Å². The second-order valence-electron chi connectivity index (χ2n) is 5.20. The second kappa shape index (κ2) is 7.46. The fraction of sp³-hybridized carbons (Fsp3) is 0.769. The molecule has 0 aliphatic carbocycles. The summed E-state index contributed by atoms with van der Waals surface area (Å²) in [5.74, 6) is -4.15. The summed E-state index contributed by atoms with van der Waals surface area (Å²) in [6, 6.07) is -2.42. The summed E-state index contributed by atoms with van der Waals surface area (Å²) in [6.45, 7) is 1.69. The minimum Gasteiger partial charge on any atom is -0.480 e. The van der Waals surface area contributed by atoms with Gasteiger partial charge in [0.1, 0.15) is 12.1 Å². The topological polar surface area (TPSA) is 86.7 Å². The van der Waals surface area contributed by atoms with Gasteiger partial charge in [-0.25, -0.2) is 4.79 Å². The molecule has 1 rings (SSSR count). The molecule has 2 atom stereocenters. The number of amides is 2. The summed E-state index contributed by atoms with van der Waals surface area (Å²) in [5.41, 5.74) is 0. The van der Waals surface area contributed by atoms with Crippen LogP contribution >= 0.6 is 0 Å². The molecular formula is C13H19F3N2O4. The van der Waals surface area contributed by atoms with Crippen molar-refractivity contribution >= 4 is 17.8 Å². The molecule has 0 spiro atoms. The maximum absolute atomic E-state index is 12.5. The molecule has 0 bridgehead atoms. The van der Waals surface area contributed by atoms with Crippen molar-refractivity contribution in [1.29, 1.82) is 0 Å². The molecule has 1 aliphatic heterocycles. The van der Waals surface area contributed by atoms with Crippen LogP contribution < -0.4 is 5.32 Å². The first-order valence-corrected chi connectivity index (χ1v) is 7.09. The molecule has 2 amide bonds. The number of carboxylic acids is 1. The fourth-order valence-electron chi connectivity index (χ4n) is 2.38. The highest BCUT2D eigenvalue weighted by atomic mass is 19.4. The van der Waals surface area contributed by atoms with Crippen LogP contribution in [0.4, 0.5) is 13.2 Å². The first-order valence-electron chi connectivity index (χ1n) is 7.09. The number of hydrogen-bond acceptors (Lipinski definition) is 3. The van der Waals surface area contributed by atoms with E-state index in [4.69, 9.17) is 5.11 Å². The van der Waals surface area contributed by atoms with Crippen molar-refractivity contribution in [2.75, 3.05) is 6.54 Å². The van der Waals surface area contributed by atoms with Crippen LogP contribution in [0.1, 0.15) is 39.0 Å². The zero-order valence-corrected chi connectivity index (χ0v) is 12.2. The summed E-state index contributed by atoms with van der Waals surface area (Å²) in [6.07, 6.45) is -3.20. The number of aliphatic carboxylic acids is 1. The van der Waals surface area contributed by atoms with Gasteiger partial charge in [-0.1, -0.05) is 19.8 Å². The molecule has 22 heavy (non-hydrogen) atoms. The zero-order valence-electron chi connectivity index (χ0n) is 12.2. The predicted octanol–water partition coefficient (Wildman–Crippen LogP) is 1.30. The molecule has 1 fully saturated rings. The smallest absolute Gasteiger partial charge is 0.471 e. The lowest BCUT2D eigenvalue weighted by Crippen LogP contribution is -2.53. The Labute approximate surface area is 125 Å². The zero-order chi connectivity index (χ0) is 16.9. The third-order valence-corrected chi connectivity index (χ3v) is 3.52. The monoisotopic (exact) mass is 324 g/mol. The number of carboxylic acid groups (broad SMARTS) is 1. The quantitative estimate of drug-likeness (QED) is 0.771. The summed E-state index contributed by atoms with van der Waals surface area (Å²) >= 11 is 0. The third-order valence-electron chi connectivity index (χ3n) is 3.52. The van der Waals surface area contributed by atoms with Gasteiger partial charge in [0.15, 0.2) is 0 Å². The number of likely N-dealkylation sites (tertiary alicyclic amines) is 1. The fourth-order valence-corrected chi connectivity index (χ4v) is 2.38. The molecule has 0 unspecified atom stereocenters. The maximum atomic E-state index is 12.5. The molecule has 0 aromatic carbocycles. The van der Waals surface area contributed by atoms with Crippen molar-refractivity contribution in [3.63, 3.8) is 0 Å². The minimum absolute atomic E-state index is 0.0910. The van der Waals surface area contributed by atoms with E-state index in [0.717, 1.165) is 6.42 Å². The van der Waals surface area contributed by atoms with Gasteiger partial charge >= 0.3 is 18.1 Å². The van der Waals surface area contributed by atoms with Crippen LogP contribution in [0.5, 0.6) is 0 Å². The lowest BCUT2D eigenvalue weighted by molar-refractivity contribution is -0.186. The third kappa shape index (κ3) is 4.60. The van der Waals surface area contributed by atoms with Gasteiger partial charge < -0.3 is 15.3 Å². The van der Waals surface area contributed by atoms with E-state index in [0.29, 0.717) is 11.3 Å². The molecule has 1 aliphatic rings. The van der Waals surface area contributed by atoms with Crippen LogP contribution in [0, 0.1) is 0 Å². The number of carbonyl (C=O) groups is 3. The summed E-state index contributed by atoms with van der Waals surface area (Å²) in [4.78, 5) is 34.8. The molecule has 0 aromatic rings. The SMILES string of the molecule is CCCC[C@H](NC(=O)[C@@H]1CCCN1C(=O)C(F)(F)F)C(=O)O. The van der Waals surface area contributed by atoms with Gasteiger partial charge in [0, 0.05) is 6.54 Å². The number of hydrogen-bond donors (Lipinski definition) is 2. The van der Waals surface area contributed by atoms with E-state index >= 15 is 0 Å². The average Bonchev–Trinajstić information content (AvgIpc) is 2.90. The number of carbonyl (C=O) groups excluding carboxylic acids is 2. The predicted molar refractivity (Wildman–Crippen MR) is 69.9 cm³/mol. The minimum atomic E-state index is -5.04. The Morgan fingerprint density at radius 3 is 2.50 bits per heavy atom. The first-order chi connectivity index (χ1) is 10.2. The molecule has 2 N–H and O–H groups in total. The van der Waals surface area contributed by atoms with E-state index in [1.165, 1.54) is 0 Å². The van der Waals surface area contributed by atoms with E-state index in [9.17, 15) is 27.6 Å². The number of halogens is 3. The van der Waals surface area contributed by atoms with Crippen LogP contribution in [0.15, 0.2) is 0 Å². The van der Waals surface area contributed by atoms with Crippen molar-refractivity contribution < 1.29 is 32.7 Å². The van der Waals surface area contributed by atoms with Crippen molar-refractivity contribution in [1.82, 2.24) is 10.2 Å². The van der Waals surface area contributed by atoms with E-state index in [1.54, 1.807) is 0 Å². The summed E-state index contributed by atoms with van der Waals surface area (Å²) in [5, 5.41) is 11.3. The molecule has 0 aromatic heterocycles. The molecule has 1 saturated heterocycles. The van der Waals surface area contributed by atoms with Gasteiger partial charge in [-0.3, -0.25) is 9.59 Å². The van der Waals surface area contributed by atoms with Crippen LogP contribution in [-0.4, -0.2) is 52.6 Å². The number of unbranched alkanes of at least 4 members (excludes halogenated alkanes) is 1. The Morgan fingerprint density at radius 1 is 1.36 bits per heavy atom. The maximum Gasteiger partial charge on any atom is 0.471 e. The van der Waals surface area contributed by atoms with Gasteiger partial charge in [-0.2, -0.15) is 13.2 Å². The standard InChI is InChI=1S/C13H19F3N2O4/c1-2-3-5-8(11(20)21)17-10(19)9-6-4-7-18(9)12(22)13(14,15)16/h8-9H,2-7H2,1H3,(H,17,19)(H,20,21)/t8-,9-/m0/s1. The number of nitrogens with zero attached hydrogens (tertiary/aromatic N) is 1. The Hall–Kier alpha value is -1.80. The van der Waals surface area contributed by atoms with Crippen molar-refractivity contribution in [2.45, 2.75) is 57.3 Å². The van der Waals surface area contributed by atoms with E-state index in [-0.39, 0.29) is 25.8 Å². The van der Waals surface area contributed by atoms with Gasteiger partial charge in [0.2, 0.25) is 5.91 Å². The Bertz CT molecular complexity index is 439. The lowest BCUT2D eigenvalue weighted by atomic mass is 10.1. The van der Waals surface area contributed by atoms with Crippen molar-refractivity contribution in [3.8, 4) is 0 Å². The van der Waals surface area contributed by atoms with Crippen LogP contribution in [-0.2, 0) is 14.4 Å². The molecular weight excluding hydrogens is 305 g/mol. The first kappa shape index (κ1) is 18.2. The molecule has 9 heteroatoms. The van der Waals surface area contributed by atoms with E-state index < -0.39 is 36.0 Å². The Balaban J connectivity index is 2.74. The highest BCUT2D eigenvalue weighted by Crippen LogP contribution is 2.25. The Morgan fingerprint density at radius 2 is 2.00 bits per heavy atom. The van der Waals surface area contributed by atoms with Gasteiger partial charge in [-0.15, -0.1) is 0 Å². The number of nitrogens with one attached hydrogen (secondary N) is 1. The summed E-state index contributed by atoms with van der Waals surface area (Å²) < 4.78 is 37.4. The van der Waals surface area contributed by atoms with Crippen molar-refractivity contribution in [3.05, 3.63) is 0 Å². The molecule has 126 valence electrons. The van der Waals surface area contributed by atoms with Gasteiger partial charge in [-0.05, 0) is 19.3 Å². The van der Waals surface area contributed by atoms with Crippen LogP contribution in [0.2, 0.25) is 0 Å². The number of alkyl halides is 3. The molecule has 1 heterocycles. The van der Waals surface area contributed by atoms with E-state index in [2.05, 4.69) is 5.32 Å². The number of rotatable bonds is 6. The highest BCUT2D eigenvalue weighted by Gasteiger charge is 2.47. The van der Waals surface area contributed by atoms with Crippen LogP contribution in [0.25, 0.3) is 0 Å². The van der Waals surface area contributed by atoms with Crippen LogP contribution in [0.3, 0.4) is 0 Å². The second-order valence-corrected chi connectivity index (χ2v) is 5.20. The normalized spacial score (nSPS) is 19.8. The van der Waals surface area contributed by atoms with E-state index in [1.807, 2.05) is 6.92 Å². The summed E-state index contributed by atoms with van der Waals surface area (Å²) in [7, 11) is 0. The molecule has 6 nitrogen and oxygen atoms in total. The molecule has 0 saturated carbocycles. The highest BCUT2D eigenvalue weighted by molar-refractivity contribution is 5.92. The van der Waals surface area contributed by atoms with Gasteiger partial charge in [0.05, 0.1) is 0 Å². The van der Waals surface area contributed by atoms with Gasteiger partial charge in [0.25, 0.3) is 0 Å². The Kier molecular flexibility index (Phi) is 6.19.